The molecule has 0 aromatic heterocycles. The molecule has 2 atom stereocenters. The summed E-state index contributed by atoms with van der Waals surface area (Å²) < 4.78 is 0.949. The Morgan fingerprint density at radius 2 is 2.40 bits per heavy atom. The van der Waals surface area contributed by atoms with Crippen molar-refractivity contribution < 1.29 is 10.0 Å². The average molecular weight is 271 g/mol. The van der Waals surface area contributed by atoms with Crippen LogP contribution in [0.5, 0.6) is 0 Å². The third-order valence-electron chi connectivity index (χ3n) is 2.45. The molecule has 0 spiro atoms. The maximum atomic E-state index is 10.6. The number of hydroxylamine groups is 2. The van der Waals surface area contributed by atoms with Crippen LogP contribution in [0, 0.1) is 0 Å². The van der Waals surface area contributed by atoms with Crippen molar-refractivity contribution in [2.45, 2.75) is 12.2 Å². The zero-order valence-corrected chi connectivity index (χ0v) is 9.52. The van der Waals surface area contributed by atoms with Gasteiger partial charge in [0, 0.05) is 11.0 Å². The minimum Gasteiger partial charge on any atom is -0.311 e. The van der Waals surface area contributed by atoms with Crippen molar-refractivity contribution >= 4 is 22.2 Å². The predicted octanol–water partition coefficient (Wildman–Crippen LogP) is 1.31. The number of benzene rings is 1. The fraction of sp³-hybridized carbons (Fsp3) is 0.300. The van der Waals surface area contributed by atoms with Gasteiger partial charge < -0.3 is 10.0 Å². The van der Waals surface area contributed by atoms with Gasteiger partial charge in [-0.15, -0.1) is 0 Å². The van der Waals surface area contributed by atoms with Crippen molar-refractivity contribution in [1.82, 2.24) is 10.4 Å². The zero-order valence-electron chi connectivity index (χ0n) is 7.93. The summed E-state index contributed by atoms with van der Waals surface area (Å²) in [5.74, 6) is 0. The highest BCUT2D eigenvalue weighted by atomic mass is 79.9. The fourth-order valence-corrected chi connectivity index (χ4v) is 2.09. The minimum atomic E-state index is -0.464. The van der Waals surface area contributed by atoms with E-state index >= 15 is 0 Å². The van der Waals surface area contributed by atoms with Gasteiger partial charge in [0.25, 0.3) is 0 Å². The number of hydrogen-bond donors (Lipinski definition) is 2. The molecule has 15 heavy (non-hydrogen) atoms. The number of carbonyl (C=O) groups is 1. The van der Waals surface area contributed by atoms with Crippen LogP contribution in [-0.2, 0) is 4.79 Å². The lowest BCUT2D eigenvalue weighted by molar-refractivity contribution is -0.147. The third kappa shape index (κ3) is 2.10. The predicted molar refractivity (Wildman–Crippen MR) is 58.4 cm³/mol. The number of hydrogen-bond acceptors (Lipinski definition) is 4. The van der Waals surface area contributed by atoms with Crippen molar-refractivity contribution in [3.05, 3.63) is 34.3 Å². The first-order chi connectivity index (χ1) is 7.22. The lowest BCUT2D eigenvalue weighted by Gasteiger charge is -2.19. The molecule has 2 N–H and O–H groups in total. The Balaban J connectivity index is 2.22. The number of halogens is 1. The molecule has 0 saturated carbocycles. The topological polar surface area (TPSA) is 52.6 Å². The quantitative estimate of drug-likeness (QED) is 0.796. The van der Waals surface area contributed by atoms with E-state index in [-0.39, 0.29) is 6.17 Å². The van der Waals surface area contributed by atoms with E-state index in [9.17, 15) is 10.0 Å². The standard InChI is InChI=1S/C10H11BrN2O2/c11-8-3-1-2-7(4-8)10-12-5-9(6-14)13(10)15/h1-4,6,9-10,12,15H,5H2. The second-order valence-corrected chi connectivity index (χ2v) is 4.36. The Labute approximate surface area is 96.0 Å². The van der Waals surface area contributed by atoms with E-state index in [1.54, 1.807) is 0 Å². The second kappa shape index (κ2) is 4.40. The number of aldehydes is 1. The van der Waals surface area contributed by atoms with Gasteiger partial charge in [-0.1, -0.05) is 28.1 Å². The Morgan fingerprint density at radius 1 is 1.60 bits per heavy atom. The smallest absolute Gasteiger partial charge is 0.140 e. The van der Waals surface area contributed by atoms with Gasteiger partial charge in [-0.05, 0) is 17.7 Å². The van der Waals surface area contributed by atoms with E-state index in [0.29, 0.717) is 6.54 Å². The molecule has 4 nitrogen and oxygen atoms in total. The van der Waals surface area contributed by atoms with Crippen LogP contribution < -0.4 is 5.32 Å². The molecule has 1 saturated heterocycles. The Hall–Kier alpha value is -0.750. The van der Waals surface area contributed by atoms with E-state index in [0.717, 1.165) is 21.4 Å². The molecule has 1 aliphatic heterocycles. The Morgan fingerprint density at radius 3 is 3.00 bits per heavy atom. The third-order valence-corrected chi connectivity index (χ3v) is 2.94. The fourth-order valence-electron chi connectivity index (χ4n) is 1.67. The molecular formula is C10H11BrN2O2. The van der Waals surface area contributed by atoms with Gasteiger partial charge in [-0.3, -0.25) is 5.32 Å². The lowest BCUT2D eigenvalue weighted by atomic mass is 10.2. The first kappa shape index (κ1) is 10.8. The van der Waals surface area contributed by atoms with Crippen LogP contribution in [0.25, 0.3) is 0 Å². The maximum Gasteiger partial charge on any atom is 0.140 e. The van der Waals surface area contributed by atoms with Gasteiger partial charge in [-0.25, -0.2) is 0 Å². The molecule has 80 valence electrons. The molecule has 1 aromatic rings. The summed E-state index contributed by atoms with van der Waals surface area (Å²) in [6.45, 7) is 0.469. The van der Waals surface area contributed by atoms with Crippen LogP contribution in [-0.4, -0.2) is 29.1 Å². The molecule has 5 heteroatoms. The molecule has 1 fully saturated rings. The van der Waals surface area contributed by atoms with Crippen molar-refractivity contribution in [3.8, 4) is 0 Å². The normalized spacial score (nSPS) is 26.8. The van der Waals surface area contributed by atoms with Crippen molar-refractivity contribution in [2.75, 3.05) is 6.54 Å². The van der Waals surface area contributed by atoms with E-state index in [1.165, 1.54) is 0 Å². The largest absolute Gasteiger partial charge is 0.311 e. The van der Waals surface area contributed by atoms with Gasteiger partial charge >= 0.3 is 0 Å². The minimum absolute atomic E-state index is 0.308. The van der Waals surface area contributed by atoms with Crippen LogP contribution >= 0.6 is 15.9 Å². The number of carbonyl (C=O) groups excluding carboxylic acids is 1. The maximum absolute atomic E-state index is 10.6. The van der Waals surface area contributed by atoms with Crippen LogP contribution in [0.3, 0.4) is 0 Å². The molecule has 2 rings (SSSR count). The first-order valence-corrected chi connectivity index (χ1v) is 5.43. The monoisotopic (exact) mass is 270 g/mol. The molecule has 2 unspecified atom stereocenters. The second-order valence-electron chi connectivity index (χ2n) is 3.45. The highest BCUT2D eigenvalue weighted by Crippen LogP contribution is 2.24. The molecule has 0 radical (unpaired) electrons. The summed E-state index contributed by atoms with van der Waals surface area (Å²) in [7, 11) is 0. The van der Waals surface area contributed by atoms with E-state index in [4.69, 9.17) is 0 Å². The van der Waals surface area contributed by atoms with E-state index in [2.05, 4.69) is 21.2 Å². The Kier molecular flexibility index (Phi) is 3.16. The summed E-state index contributed by atoms with van der Waals surface area (Å²) in [6, 6.07) is 7.15. The van der Waals surface area contributed by atoms with Gasteiger partial charge in [-0.2, -0.15) is 5.06 Å². The molecule has 1 aliphatic rings. The van der Waals surface area contributed by atoms with Crippen molar-refractivity contribution in [1.29, 1.82) is 0 Å². The van der Waals surface area contributed by atoms with Crippen LogP contribution in [0.15, 0.2) is 28.7 Å². The summed E-state index contributed by atoms with van der Waals surface area (Å²) in [4.78, 5) is 10.6. The van der Waals surface area contributed by atoms with Crippen LogP contribution in [0.1, 0.15) is 11.7 Å². The molecule has 1 aromatic carbocycles. The highest BCUT2D eigenvalue weighted by Gasteiger charge is 2.32. The van der Waals surface area contributed by atoms with Crippen molar-refractivity contribution in [3.63, 3.8) is 0 Å². The van der Waals surface area contributed by atoms with E-state index in [1.807, 2.05) is 24.3 Å². The van der Waals surface area contributed by atoms with E-state index < -0.39 is 6.04 Å². The van der Waals surface area contributed by atoms with Gasteiger partial charge in [0.2, 0.25) is 0 Å². The summed E-state index contributed by atoms with van der Waals surface area (Å²) in [5, 5.41) is 13.8. The molecule has 0 amide bonds. The summed E-state index contributed by atoms with van der Waals surface area (Å²) in [6.07, 6.45) is 0.433. The van der Waals surface area contributed by atoms with Crippen LogP contribution in [0.4, 0.5) is 0 Å². The Bertz CT molecular complexity index is 372. The number of rotatable bonds is 2. The number of nitrogens with zero attached hydrogens (tertiary/aromatic N) is 1. The molecule has 0 bridgehead atoms. The van der Waals surface area contributed by atoms with Crippen LogP contribution in [0.2, 0.25) is 0 Å². The average Bonchev–Trinajstić information content (AvgIpc) is 2.59. The lowest BCUT2D eigenvalue weighted by Crippen LogP contribution is -2.31. The molecule has 0 aliphatic carbocycles. The molecule has 1 heterocycles. The highest BCUT2D eigenvalue weighted by molar-refractivity contribution is 9.10. The zero-order chi connectivity index (χ0) is 10.8. The van der Waals surface area contributed by atoms with Gasteiger partial charge in [0.05, 0.1) is 0 Å². The summed E-state index contributed by atoms with van der Waals surface area (Å²) >= 11 is 3.36. The first-order valence-electron chi connectivity index (χ1n) is 4.63. The SMILES string of the molecule is O=CC1CNC(c2cccc(Br)c2)N1O. The van der Waals surface area contributed by atoms with Crippen molar-refractivity contribution in [2.24, 2.45) is 0 Å². The number of nitrogens with one attached hydrogen (secondary N) is 1. The van der Waals surface area contributed by atoms with Gasteiger partial charge in [0.1, 0.15) is 18.5 Å². The van der Waals surface area contributed by atoms with Gasteiger partial charge in [0.15, 0.2) is 0 Å². The molecular weight excluding hydrogens is 260 g/mol. The summed E-state index contributed by atoms with van der Waals surface area (Å²) in [5.41, 5.74) is 0.927.